The van der Waals surface area contributed by atoms with Crippen LogP contribution in [-0.4, -0.2) is 22.5 Å². The van der Waals surface area contributed by atoms with Crippen molar-refractivity contribution in [3.05, 3.63) is 0 Å². The smallest absolute Gasteiger partial charge is 0.307 e. The van der Waals surface area contributed by atoms with Crippen LogP contribution in [-0.2, 0) is 9.59 Å². The van der Waals surface area contributed by atoms with Gasteiger partial charge in [0.1, 0.15) is 5.54 Å². The van der Waals surface area contributed by atoms with Gasteiger partial charge >= 0.3 is 5.97 Å². The summed E-state index contributed by atoms with van der Waals surface area (Å²) in [5, 5.41) is 12.4. The second-order valence-electron chi connectivity index (χ2n) is 6.15. The minimum absolute atomic E-state index is 0.161. The summed E-state index contributed by atoms with van der Waals surface area (Å²) < 4.78 is 0. The summed E-state index contributed by atoms with van der Waals surface area (Å²) in [4.78, 5) is 24.0. The monoisotopic (exact) mass is 277 g/mol. The van der Waals surface area contributed by atoms with E-state index in [-0.39, 0.29) is 17.7 Å². The van der Waals surface area contributed by atoms with E-state index in [0.717, 1.165) is 19.3 Å². The number of terminal acetylenes is 1. The molecule has 0 aliphatic heterocycles. The number of amides is 1. The maximum atomic E-state index is 12.6. The normalized spacial score (nSPS) is 31.9. The fourth-order valence-electron chi connectivity index (χ4n) is 4.01. The molecule has 0 spiro atoms. The van der Waals surface area contributed by atoms with E-state index in [9.17, 15) is 14.7 Å². The Kier molecular flexibility index (Phi) is 4.08. The van der Waals surface area contributed by atoms with Crippen LogP contribution in [0.2, 0.25) is 0 Å². The van der Waals surface area contributed by atoms with Crippen molar-refractivity contribution in [3.63, 3.8) is 0 Å². The molecule has 110 valence electrons. The first-order chi connectivity index (χ1) is 9.48. The van der Waals surface area contributed by atoms with Gasteiger partial charge in [-0.3, -0.25) is 9.59 Å². The Morgan fingerprint density at radius 2 is 1.80 bits per heavy atom. The largest absolute Gasteiger partial charge is 0.481 e. The van der Waals surface area contributed by atoms with Crippen LogP contribution in [0.15, 0.2) is 0 Å². The van der Waals surface area contributed by atoms with Gasteiger partial charge in [-0.2, -0.15) is 0 Å². The van der Waals surface area contributed by atoms with Gasteiger partial charge in [0, 0.05) is 0 Å². The summed E-state index contributed by atoms with van der Waals surface area (Å²) in [6.45, 7) is 3.89. The maximum absolute atomic E-state index is 12.6. The molecule has 4 heteroatoms. The van der Waals surface area contributed by atoms with Gasteiger partial charge in [0.15, 0.2) is 0 Å². The molecule has 0 aromatic carbocycles. The number of aliphatic carboxylic acids is 1. The van der Waals surface area contributed by atoms with Crippen LogP contribution in [0.4, 0.5) is 0 Å². The molecule has 4 unspecified atom stereocenters. The van der Waals surface area contributed by atoms with Gasteiger partial charge < -0.3 is 10.4 Å². The van der Waals surface area contributed by atoms with E-state index < -0.39 is 23.3 Å². The van der Waals surface area contributed by atoms with Gasteiger partial charge in [-0.05, 0) is 43.9 Å². The number of carbonyl (C=O) groups excluding carboxylic acids is 1. The van der Waals surface area contributed by atoms with Gasteiger partial charge in [0.05, 0.1) is 11.8 Å². The summed E-state index contributed by atoms with van der Waals surface area (Å²) in [5.41, 5.74) is -0.637. The molecular weight excluding hydrogens is 254 g/mol. The predicted octanol–water partition coefficient (Wildman–Crippen LogP) is 2.04. The highest BCUT2D eigenvalue weighted by Gasteiger charge is 2.54. The maximum Gasteiger partial charge on any atom is 0.307 e. The molecule has 2 bridgehead atoms. The molecule has 20 heavy (non-hydrogen) atoms. The first kappa shape index (κ1) is 14.9. The van der Waals surface area contributed by atoms with Crippen molar-refractivity contribution in [2.45, 2.75) is 51.5 Å². The molecule has 2 rings (SSSR count). The first-order valence-corrected chi connectivity index (χ1v) is 7.50. The van der Waals surface area contributed by atoms with Crippen molar-refractivity contribution in [3.8, 4) is 12.3 Å². The standard InChI is InChI=1S/C16H23NO3/c1-4-16(5-2,6-3)17-14(18)12-10-7-8-11(9-10)13(12)15(19)20/h1,10-13H,5-9H2,2-3H3,(H,17,18)(H,19,20). The van der Waals surface area contributed by atoms with E-state index in [0.29, 0.717) is 12.8 Å². The van der Waals surface area contributed by atoms with E-state index in [2.05, 4.69) is 11.2 Å². The average Bonchev–Trinajstić information content (AvgIpc) is 3.05. The Labute approximate surface area is 120 Å². The third kappa shape index (κ3) is 2.30. The van der Waals surface area contributed by atoms with Gasteiger partial charge in [-0.1, -0.05) is 19.8 Å². The number of carboxylic acid groups (broad SMARTS) is 1. The quantitative estimate of drug-likeness (QED) is 0.756. The molecule has 2 N–H and O–H groups in total. The van der Waals surface area contributed by atoms with E-state index in [4.69, 9.17) is 6.42 Å². The Morgan fingerprint density at radius 3 is 2.25 bits per heavy atom. The number of fused-ring (bicyclic) bond motifs is 2. The fraction of sp³-hybridized carbons (Fsp3) is 0.750. The molecule has 0 aromatic heterocycles. The molecule has 4 nitrogen and oxygen atoms in total. The number of carbonyl (C=O) groups is 2. The number of hydrogen-bond donors (Lipinski definition) is 2. The number of hydrogen-bond acceptors (Lipinski definition) is 2. The molecule has 2 aliphatic carbocycles. The Hall–Kier alpha value is -1.50. The zero-order chi connectivity index (χ0) is 14.9. The molecule has 2 fully saturated rings. The topological polar surface area (TPSA) is 66.4 Å². The second-order valence-corrected chi connectivity index (χ2v) is 6.15. The van der Waals surface area contributed by atoms with Gasteiger partial charge in [-0.15, -0.1) is 6.42 Å². The van der Waals surface area contributed by atoms with Crippen LogP contribution < -0.4 is 5.32 Å². The molecule has 0 heterocycles. The van der Waals surface area contributed by atoms with Gasteiger partial charge in [-0.25, -0.2) is 0 Å². The number of nitrogens with one attached hydrogen (secondary N) is 1. The zero-order valence-corrected chi connectivity index (χ0v) is 12.2. The third-order valence-electron chi connectivity index (χ3n) is 5.35. The SMILES string of the molecule is C#CC(CC)(CC)NC(=O)C1C2CCC(C2)C1C(=O)O. The van der Waals surface area contributed by atoms with E-state index in [1.165, 1.54) is 0 Å². The van der Waals surface area contributed by atoms with Crippen molar-refractivity contribution in [2.24, 2.45) is 23.7 Å². The molecule has 4 atom stereocenters. The van der Waals surface area contributed by atoms with Crippen molar-refractivity contribution >= 4 is 11.9 Å². The van der Waals surface area contributed by atoms with Crippen LogP contribution in [0.25, 0.3) is 0 Å². The summed E-state index contributed by atoms with van der Waals surface area (Å²) in [6.07, 6.45) is 9.65. The minimum Gasteiger partial charge on any atom is -0.481 e. The van der Waals surface area contributed by atoms with Gasteiger partial charge in [0.25, 0.3) is 0 Å². The Bertz CT molecular complexity index is 447. The van der Waals surface area contributed by atoms with Crippen LogP contribution in [0.3, 0.4) is 0 Å². The third-order valence-corrected chi connectivity index (χ3v) is 5.35. The zero-order valence-electron chi connectivity index (χ0n) is 12.2. The average molecular weight is 277 g/mol. The first-order valence-electron chi connectivity index (χ1n) is 7.50. The van der Waals surface area contributed by atoms with Crippen molar-refractivity contribution < 1.29 is 14.7 Å². The van der Waals surface area contributed by atoms with E-state index in [1.54, 1.807) is 0 Å². The lowest BCUT2D eigenvalue weighted by molar-refractivity contribution is -0.149. The number of carboxylic acids is 1. The highest BCUT2D eigenvalue weighted by molar-refractivity contribution is 5.87. The molecule has 0 radical (unpaired) electrons. The Morgan fingerprint density at radius 1 is 1.25 bits per heavy atom. The molecule has 2 saturated carbocycles. The molecule has 0 saturated heterocycles. The highest BCUT2D eigenvalue weighted by Crippen LogP contribution is 2.52. The summed E-state index contributed by atoms with van der Waals surface area (Å²) in [5.74, 6) is 1.12. The molecule has 0 aromatic rings. The lowest BCUT2D eigenvalue weighted by atomic mass is 9.78. The number of rotatable bonds is 5. The van der Waals surface area contributed by atoms with Crippen LogP contribution in [0.5, 0.6) is 0 Å². The van der Waals surface area contributed by atoms with Crippen LogP contribution in [0, 0.1) is 36.0 Å². The van der Waals surface area contributed by atoms with Crippen molar-refractivity contribution in [1.29, 1.82) is 0 Å². The van der Waals surface area contributed by atoms with Crippen molar-refractivity contribution in [1.82, 2.24) is 5.32 Å². The van der Waals surface area contributed by atoms with Crippen LogP contribution >= 0.6 is 0 Å². The highest BCUT2D eigenvalue weighted by atomic mass is 16.4. The minimum atomic E-state index is -0.836. The molecule has 2 aliphatic rings. The van der Waals surface area contributed by atoms with E-state index >= 15 is 0 Å². The second kappa shape index (κ2) is 5.47. The fourth-order valence-corrected chi connectivity index (χ4v) is 4.01. The lowest BCUT2D eigenvalue weighted by Crippen LogP contribution is -2.51. The lowest BCUT2D eigenvalue weighted by Gasteiger charge is -2.33. The van der Waals surface area contributed by atoms with Crippen molar-refractivity contribution in [2.75, 3.05) is 0 Å². The van der Waals surface area contributed by atoms with Crippen LogP contribution in [0.1, 0.15) is 46.0 Å². The Balaban J connectivity index is 2.16. The summed E-state index contributed by atoms with van der Waals surface area (Å²) >= 11 is 0. The molecule has 1 amide bonds. The predicted molar refractivity (Wildman–Crippen MR) is 75.7 cm³/mol. The van der Waals surface area contributed by atoms with Gasteiger partial charge in [0.2, 0.25) is 5.91 Å². The summed E-state index contributed by atoms with van der Waals surface area (Å²) in [6, 6.07) is 0. The molecular formula is C16H23NO3. The summed E-state index contributed by atoms with van der Waals surface area (Å²) in [7, 11) is 0. The van der Waals surface area contributed by atoms with E-state index in [1.807, 2.05) is 13.8 Å².